The van der Waals surface area contributed by atoms with Crippen LogP contribution in [0.25, 0.3) is 34.3 Å². The monoisotopic (exact) mass is 487 g/mol. The van der Waals surface area contributed by atoms with Gasteiger partial charge in [-0.3, -0.25) is 4.72 Å². The number of halogens is 3. The highest BCUT2D eigenvalue weighted by Crippen LogP contribution is 2.30. The van der Waals surface area contributed by atoms with Crippen molar-refractivity contribution in [2.45, 2.75) is 18.5 Å². The highest BCUT2D eigenvalue weighted by Gasteiger charge is 2.45. The normalized spacial score (nSPS) is 13.4. The van der Waals surface area contributed by atoms with Gasteiger partial charge in [0.25, 0.3) is 0 Å². The van der Waals surface area contributed by atoms with Crippen molar-refractivity contribution >= 4 is 38.9 Å². The lowest BCUT2D eigenvalue weighted by Crippen LogP contribution is -2.29. The van der Waals surface area contributed by atoms with Gasteiger partial charge in [-0.2, -0.15) is 21.6 Å². The molecule has 0 aliphatic heterocycles. The van der Waals surface area contributed by atoms with Crippen molar-refractivity contribution in [1.29, 1.82) is 0 Å². The summed E-state index contributed by atoms with van der Waals surface area (Å²) < 4.78 is 61.3. The molecular weight excluding hydrogens is 467 g/mol. The minimum absolute atomic E-state index is 0.191. The van der Waals surface area contributed by atoms with Gasteiger partial charge in [0.2, 0.25) is 0 Å². The van der Waals surface area contributed by atoms with Gasteiger partial charge in [0.05, 0.1) is 17.1 Å². The molecule has 4 aromatic rings. The average Bonchev–Trinajstić information content (AvgIpc) is 3.20. The maximum absolute atomic E-state index is 12.5. The first-order chi connectivity index (χ1) is 16.0. The first kappa shape index (κ1) is 23.5. The van der Waals surface area contributed by atoms with E-state index in [2.05, 4.69) is 9.97 Å². The fourth-order valence-corrected chi connectivity index (χ4v) is 4.01. The molecule has 1 atom stereocenters. The van der Waals surface area contributed by atoms with Crippen molar-refractivity contribution in [3.05, 3.63) is 83.7 Å². The number of alkyl halides is 3. The van der Waals surface area contributed by atoms with Gasteiger partial charge in [-0.05, 0) is 59.5 Å². The van der Waals surface area contributed by atoms with Crippen LogP contribution in [0, 0.1) is 0 Å². The number of aliphatic hydroxyl groups excluding tert-OH is 1. The lowest BCUT2D eigenvalue weighted by atomic mass is 9.96. The van der Waals surface area contributed by atoms with Crippen LogP contribution in [-0.4, -0.2) is 29.0 Å². The number of hydrogen-bond acceptors (Lipinski definition) is 4. The van der Waals surface area contributed by atoms with E-state index in [1.807, 2.05) is 42.5 Å². The third-order valence-corrected chi connectivity index (χ3v) is 6.24. The highest BCUT2D eigenvalue weighted by atomic mass is 32.2. The van der Waals surface area contributed by atoms with Gasteiger partial charge >= 0.3 is 15.5 Å². The zero-order valence-electron chi connectivity index (χ0n) is 17.8. The van der Waals surface area contributed by atoms with Gasteiger partial charge in [-0.15, -0.1) is 0 Å². The number of aliphatic hydroxyl groups is 1. The van der Waals surface area contributed by atoms with Gasteiger partial charge in [-0.1, -0.05) is 48.5 Å². The smallest absolute Gasteiger partial charge is 0.389 e. The third kappa shape index (κ3) is 4.97. The number of aromatic nitrogens is 2. The molecule has 3 N–H and O–H groups in total. The minimum atomic E-state index is -5.46. The van der Waals surface area contributed by atoms with E-state index in [9.17, 15) is 26.7 Å². The number of hydrogen-bond donors (Lipinski definition) is 3. The molecule has 0 bridgehead atoms. The Bertz CT molecular complexity index is 1460. The summed E-state index contributed by atoms with van der Waals surface area (Å²) in [5, 5.41) is 10.1. The Morgan fingerprint density at radius 2 is 1.74 bits per heavy atom. The summed E-state index contributed by atoms with van der Waals surface area (Å²) in [7, 11) is -5.46. The van der Waals surface area contributed by atoms with Gasteiger partial charge in [0, 0.05) is 5.69 Å². The Balaban J connectivity index is 1.54. The van der Waals surface area contributed by atoms with Crippen LogP contribution in [0.4, 0.5) is 18.9 Å². The summed E-state index contributed by atoms with van der Waals surface area (Å²) in [6.45, 7) is 1.71. The Labute approximate surface area is 193 Å². The molecule has 6 nitrogen and oxygen atoms in total. The molecule has 1 unspecified atom stereocenters. The SMILES string of the molecule is CC(O)c1ccccc1-c1ccc2[nH]c(/C=C/c3ccc(NS(=O)(=O)C(F)(F)F)cc3)nc2c1. The van der Waals surface area contributed by atoms with Gasteiger partial charge in [0.1, 0.15) is 5.82 Å². The summed E-state index contributed by atoms with van der Waals surface area (Å²) >= 11 is 0. The molecule has 0 saturated carbocycles. The minimum Gasteiger partial charge on any atom is -0.389 e. The number of nitrogens with zero attached hydrogens (tertiary/aromatic N) is 1. The lowest BCUT2D eigenvalue weighted by molar-refractivity contribution is -0.0429. The second kappa shape index (κ2) is 8.96. The van der Waals surface area contributed by atoms with E-state index in [0.29, 0.717) is 11.4 Å². The van der Waals surface area contributed by atoms with Crippen molar-refractivity contribution < 1.29 is 26.7 Å². The highest BCUT2D eigenvalue weighted by molar-refractivity contribution is 7.93. The standard InChI is InChI=1S/C24H20F3N3O3S/c1-15(31)19-4-2-3-5-20(19)17-9-12-21-22(14-17)29-23(28-21)13-8-16-6-10-18(11-7-16)30-34(32,33)24(25,26)27/h2-15,30-31H,1H3,(H,28,29)/b13-8+. The molecule has 0 aliphatic carbocycles. The van der Waals surface area contributed by atoms with Crippen LogP contribution in [0.3, 0.4) is 0 Å². The van der Waals surface area contributed by atoms with Gasteiger partial charge in [0.15, 0.2) is 0 Å². The Kier molecular flexibility index (Phi) is 6.20. The summed E-state index contributed by atoms with van der Waals surface area (Å²) in [4.78, 5) is 7.74. The number of H-pyrrole nitrogens is 1. The van der Waals surface area contributed by atoms with Crippen LogP contribution < -0.4 is 4.72 Å². The zero-order valence-corrected chi connectivity index (χ0v) is 18.7. The van der Waals surface area contributed by atoms with Crippen molar-refractivity contribution in [2.75, 3.05) is 4.72 Å². The quantitative estimate of drug-likeness (QED) is 0.324. The molecule has 0 aliphatic rings. The van der Waals surface area contributed by atoms with Crippen molar-refractivity contribution in [3.63, 3.8) is 0 Å². The maximum atomic E-state index is 12.5. The molecule has 0 amide bonds. The molecule has 0 radical (unpaired) electrons. The fourth-order valence-electron chi connectivity index (χ4n) is 3.45. The predicted molar refractivity (Wildman–Crippen MR) is 126 cm³/mol. The number of aromatic amines is 1. The number of sulfonamides is 1. The Morgan fingerprint density at radius 1 is 1.03 bits per heavy atom. The van der Waals surface area contributed by atoms with Crippen LogP contribution in [0.5, 0.6) is 0 Å². The van der Waals surface area contributed by atoms with E-state index < -0.39 is 21.6 Å². The van der Waals surface area contributed by atoms with E-state index in [-0.39, 0.29) is 5.69 Å². The van der Waals surface area contributed by atoms with Crippen LogP contribution in [0.15, 0.2) is 66.7 Å². The first-order valence-corrected chi connectivity index (χ1v) is 11.7. The number of imidazole rings is 1. The maximum Gasteiger partial charge on any atom is 0.516 e. The van der Waals surface area contributed by atoms with Gasteiger partial charge in [-0.25, -0.2) is 4.98 Å². The van der Waals surface area contributed by atoms with Gasteiger partial charge < -0.3 is 10.1 Å². The summed E-state index contributed by atoms with van der Waals surface area (Å²) in [6, 6.07) is 18.8. The number of fused-ring (bicyclic) bond motifs is 1. The third-order valence-electron chi connectivity index (χ3n) is 5.12. The largest absolute Gasteiger partial charge is 0.516 e. The number of anilines is 1. The molecule has 176 valence electrons. The summed E-state index contributed by atoms with van der Waals surface area (Å²) in [5.74, 6) is 0.567. The van der Waals surface area contributed by atoms with Crippen LogP contribution in [0.2, 0.25) is 0 Å². The molecule has 3 aromatic carbocycles. The first-order valence-electron chi connectivity index (χ1n) is 10.2. The van der Waals surface area contributed by atoms with Crippen LogP contribution in [0.1, 0.15) is 30.0 Å². The molecule has 0 saturated heterocycles. The molecule has 1 heterocycles. The van der Waals surface area contributed by atoms with Crippen molar-refractivity contribution in [2.24, 2.45) is 0 Å². The zero-order chi connectivity index (χ0) is 24.5. The van der Waals surface area contributed by atoms with Crippen LogP contribution in [-0.2, 0) is 10.0 Å². The molecule has 34 heavy (non-hydrogen) atoms. The van der Waals surface area contributed by atoms with E-state index in [4.69, 9.17) is 0 Å². The summed E-state index contributed by atoms with van der Waals surface area (Å²) in [5.41, 5.74) is -0.734. The summed E-state index contributed by atoms with van der Waals surface area (Å²) in [6.07, 6.45) is 2.79. The number of rotatable bonds is 6. The second-order valence-electron chi connectivity index (χ2n) is 7.62. The van der Waals surface area contributed by atoms with E-state index >= 15 is 0 Å². The molecule has 0 spiro atoms. The van der Waals surface area contributed by atoms with E-state index in [1.54, 1.807) is 19.1 Å². The molecule has 1 aromatic heterocycles. The lowest BCUT2D eigenvalue weighted by Gasteiger charge is -2.11. The predicted octanol–water partition coefficient (Wildman–Crippen LogP) is 5.72. The number of benzene rings is 3. The topological polar surface area (TPSA) is 95.1 Å². The number of nitrogens with one attached hydrogen (secondary N) is 2. The second-order valence-corrected chi connectivity index (χ2v) is 9.30. The molecular formula is C24H20F3N3O3S. The molecule has 0 fully saturated rings. The van der Waals surface area contributed by atoms with Crippen molar-refractivity contribution in [1.82, 2.24) is 9.97 Å². The molecule has 10 heteroatoms. The molecule has 4 rings (SSSR count). The van der Waals surface area contributed by atoms with Crippen molar-refractivity contribution in [3.8, 4) is 11.1 Å². The Morgan fingerprint density at radius 3 is 2.41 bits per heavy atom. The Hall–Kier alpha value is -3.63. The fraction of sp³-hybridized carbons (Fsp3) is 0.125. The van der Waals surface area contributed by atoms with E-state index in [0.717, 1.165) is 27.7 Å². The van der Waals surface area contributed by atoms with Crippen LogP contribution >= 0.6 is 0 Å². The van der Waals surface area contributed by atoms with E-state index in [1.165, 1.54) is 29.0 Å². The average molecular weight is 488 g/mol.